The molecular formula is C23H27NO3. The molecule has 1 heterocycles. The van der Waals surface area contributed by atoms with Gasteiger partial charge in [-0.3, -0.25) is 4.79 Å². The molecule has 4 nitrogen and oxygen atoms in total. The molecule has 0 aliphatic carbocycles. The van der Waals surface area contributed by atoms with Crippen molar-refractivity contribution in [3.8, 4) is 5.75 Å². The predicted molar refractivity (Wildman–Crippen MR) is 108 cm³/mol. The minimum atomic E-state index is -0.672. The Kier molecular flexibility index (Phi) is 6.66. The number of piperidine rings is 1. The molecule has 0 spiro atoms. The van der Waals surface area contributed by atoms with Crippen LogP contribution in [0.1, 0.15) is 30.4 Å². The number of aliphatic carboxylic acids is 1. The number of ether oxygens (including phenoxy) is 1. The van der Waals surface area contributed by atoms with Gasteiger partial charge in [-0.15, -0.1) is 0 Å². The lowest BCUT2D eigenvalue weighted by molar-refractivity contribution is -0.143. The van der Waals surface area contributed by atoms with E-state index < -0.39 is 5.97 Å². The maximum Gasteiger partial charge on any atom is 0.307 e. The van der Waals surface area contributed by atoms with Crippen LogP contribution in [0.4, 0.5) is 0 Å². The van der Waals surface area contributed by atoms with Crippen molar-refractivity contribution in [3.63, 3.8) is 0 Å². The molecule has 3 rings (SSSR count). The van der Waals surface area contributed by atoms with Crippen molar-refractivity contribution in [1.82, 2.24) is 4.90 Å². The summed E-state index contributed by atoms with van der Waals surface area (Å²) in [6.07, 6.45) is 4.86. The number of hydrogen-bond donors (Lipinski definition) is 1. The number of carboxylic acid groups (broad SMARTS) is 1. The Bertz CT molecular complexity index is 785. The Hall–Kier alpha value is -2.59. The molecule has 0 unspecified atom stereocenters. The first-order valence-electron chi connectivity index (χ1n) is 9.53. The van der Waals surface area contributed by atoms with Gasteiger partial charge in [-0.05, 0) is 43.0 Å². The van der Waals surface area contributed by atoms with E-state index in [0.717, 1.165) is 54.8 Å². The number of nitrogens with zero attached hydrogens (tertiary/aromatic N) is 1. The molecule has 1 N–H and O–H groups in total. The van der Waals surface area contributed by atoms with Crippen molar-refractivity contribution in [2.24, 2.45) is 5.92 Å². The minimum Gasteiger partial charge on any atom is -0.496 e. The maximum atomic E-state index is 11.3. The lowest BCUT2D eigenvalue weighted by Crippen LogP contribution is -2.39. The molecule has 0 bridgehead atoms. The summed E-state index contributed by atoms with van der Waals surface area (Å²) >= 11 is 0. The highest BCUT2D eigenvalue weighted by Gasteiger charge is 2.24. The van der Waals surface area contributed by atoms with Gasteiger partial charge in [-0.2, -0.15) is 0 Å². The third-order valence-electron chi connectivity index (χ3n) is 5.13. The van der Waals surface area contributed by atoms with Crippen molar-refractivity contribution in [2.45, 2.75) is 19.3 Å². The van der Waals surface area contributed by atoms with Crippen LogP contribution in [-0.4, -0.2) is 42.7 Å². The summed E-state index contributed by atoms with van der Waals surface area (Å²) in [5, 5.41) is 9.27. The lowest BCUT2D eigenvalue weighted by Gasteiger charge is -2.30. The summed E-state index contributed by atoms with van der Waals surface area (Å²) in [5.74, 6) is -0.0451. The Balaban J connectivity index is 1.78. The Morgan fingerprint density at radius 2 is 1.93 bits per heavy atom. The molecule has 0 saturated carbocycles. The molecule has 1 aliphatic rings. The number of benzene rings is 2. The minimum absolute atomic E-state index is 0.231. The Morgan fingerprint density at radius 1 is 1.19 bits per heavy atom. The van der Waals surface area contributed by atoms with Gasteiger partial charge in [0.1, 0.15) is 5.75 Å². The smallest absolute Gasteiger partial charge is 0.307 e. The number of hydrogen-bond acceptors (Lipinski definition) is 3. The topological polar surface area (TPSA) is 49.8 Å². The van der Waals surface area contributed by atoms with E-state index in [4.69, 9.17) is 4.74 Å². The summed E-state index contributed by atoms with van der Waals surface area (Å²) in [5.41, 5.74) is 3.39. The molecular weight excluding hydrogens is 338 g/mol. The first kappa shape index (κ1) is 19.2. The summed E-state index contributed by atoms with van der Waals surface area (Å²) in [4.78, 5) is 13.5. The average molecular weight is 365 g/mol. The fourth-order valence-corrected chi connectivity index (χ4v) is 3.72. The molecule has 1 saturated heterocycles. The normalized spacial score (nSPS) is 18.3. The highest BCUT2D eigenvalue weighted by molar-refractivity contribution is 5.82. The van der Waals surface area contributed by atoms with E-state index >= 15 is 0 Å². The number of methoxy groups -OCH3 is 1. The molecule has 27 heavy (non-hydrogen) atoms. The fraction of sp³-hybridized carbons (Fsp3) is 0.348. The molecule has 142 valence electrons. The van der Waals surface area contributed by atoms with E-state index in [1.165, 1.54) is 0 Å². The van der Waals surface area contributed by atoms with E-state index in [0.29, 0.717) is 6.54 Å². The quantitative estimate of drug-likeness (QED) is 0.794. The van der Waals surface area contributed by atoms with E-state index in [1.807, 2.05) is 36.4 Å². The maximum absolute atomic E-state index is 11.3. The summed E-state index contributed by atoms with van der Waals surface area (Å²) in [7, 11) is 1.70. The standard InChI is InChI=1S/C23H27NO3/c1-27-22-14-6-5-12-21(22)20(18-9-3-2-4-10-18)13-8-16-24-15-7-11-19(17-24)23(25)26/h2-6,9-10,12-14,19H,7-8,11,15-17H2,1H3,(H,25,26)/b20-13-/t19-/m1/s1. The van der Waals surface area contributed by atoms with Gasteiger partial charge in [-0.25, -0.2) is 0 Å². The summed E-state index contributed by atoms with van der Waals surface area (Å²) in [6, 6.07) is 18.4. The van der Waals surface area contributed by atoms with Gasteiger partial charge < -0.3 is 14.7 Å². The number of para-hydroxylation sites is 1. The number of carboxylic acids is 1. The molecule has 0 amide bonds. The van der Waals surface area contributed by atoms with Crippen molar-refractivity contribution in [2.75, 3.05) is 26.7 Å². The predicted octanol–water partition coefficient (Wildman–Crippen LogP) is 4.31. The molecule has 4 heteroatoms. The SMILES string of the molecule is COc1ccccc1/C(=C\CCN1CCC[C@@H](C(=O)O)C1)c1ccccc1. The van der Waals surface area contributed by atoms with Crippen molar-refractivity contribution < 1.29 is 14.6 Å². The third-order valence-corrected chi connectivity index (χ3v) is 5.13. The van der Waals surface area contributed by atoms with Gasteiger partial charge in [0, 0.05) is 18.7 Å². The number of carbonyl (C=O) groups is 1. The highest BCUT2D eigenvalue weighted by Crippen LogP contribution is 2.31. The van der Waals surface area contributed by atoms with Crippen molar-refractivity contribution >= 4 is 11.5 Å². The zero-order chi connectivity index (χ0) is 19.1. The van der Waals surface area contributed by atoms with E-state index in [-0.39, 0.29) is 5.92 Å². The Labute approximate surface area is 161 Å². The van der Waals surface area contributed by atoms with Crippen LogP contribution < -0.4 is 4.74 Å². The first-order chi connectivity index (χ1) is 13.2. The van der Waals surface area contributed by atoms with Crippen LogP contribution in [-0.2, 0) is 4.79 Å². The Morgan fingerprint density at radius 3 is 2.67 bits per heavy atom. The van der Waals surface area contributed by atoms with E-state index in [1.54, 1.807) is 7.11 Å². The second-order valence-electron chi connectivity index (χ2n) is 6.95. The zero-order valence-electron chi connectivity index (χ0n) is 15.8. The number of likely N-dealkylation sites (tertiary alicyclic amines) is 1. The van der Waals surface area contributed by atoms with Crippen molar-refractivity contribution in [3.05, 3.63) is 71.8 Å². The molecule has 1 atom stereocenters. The zero-order valence-corrected chi connectivity index (χ0v) is 15.8. The average Bonchev–Trinajstić information content (AvgIpc) is 2.72. The second-order valence-corrected chi connectivity index (χ2v) is 6.95. The molecule has 2 aromatic carbocycles. The van der Waals surface area contributed by atoms with Gasteiger partial charge in [0.15, 0.2) is 0 Å². The van der Waals surface area contributed by atoms with Crippen LogP contribution in [0.2, 0.25) is 0 Å². The molecule has 1 aliphatic heterocycles. The van der Waals surface area contributed by atoms with Gasteiger partial charge in [0.25, 0.3) is 0 Å². The van der Waals surface area contributed by atoms with Crippen LogP contribution in [0.3, 0.4) is 0 Å². The van der Waals surface area contributed by atoms with Gasteiger partial charge in [-0.1, -0.05) is 54.6 Å². The molecule has 2 aromatic rings. The second kappa shape index (κ2) is 9.38. The van der Waals surface area contributed by atoms with Gasteiger partial charge >= 0.3 is 5.97 Å². The van der Waals surface area contributed by atoms with Crippen LogP contribution in [0.25, 0.3) is 5.57 Å². The fourth-order valence-electron chi connectivity index (χ4n) is 3.72. The monoisotopic (exact) mass is 365 g/mol. The molecule has 0 aromatic heterocycles. The summed E-state index contributed by atoms with van der Waals surface area (Å²) in [6.45, 7) is 2.50. The molecule has 0 radical (unpaired) electrons. The van der Waals surface area contributed by atoms with Crippen LogP contribution >= 0.6 is 0 Å². The van der Waals surface area contributed by atoms with Gasteiger partial charge in [0.2, 0.25) is 0 Å². The molecule has 1 fully saturated rings. The van der Waals surface area contributed by atoms with Crippen LogP contribution in [0.5, 0.6) is 5.75 Å². The van der Waals surface area contributed by atoms with Crippen LogP contribution in [0.15, 0.2) is 60.7 Å². The van der Waals surface area contributed by atoms with Crippen molar-refractivity contribution in [1.29, 1.82) is 0 Å². The van der Waals surface area contributed by atoms with E-state index in [9.17, 15) is 9.90 Å². The first-order valence-corrected chi connectivity index (χ1v) is 9.53. The van der Waals surface area contributed by atoms with Gasteiger partial charge in [0.05, 0.1) is 13.0 Å². The number of rotatable bonds is 7. The summed E-state index contributed by atoms with van der Waals surface area (Å²) < 4.78 is 5.57. The van der Waals surface area contributed by atoms with Crippen LogP contribution in [0, 0.1) is 5.92 Å². The largest absolute Gasteiger partial charge is 0.496 e. The lowest BCUT2D eigenvalue weighted by atomic mass is 9.95. The third kappa shape index (κ3) is 4.98. The van der Waals surface area contributed by atoms with E-state index in [2.05, 4.69) is 29.2 Å². The highest BCUT2D eigenvalue weighted by atomic mass is 16.5.